The van der Waals surface area contributed by atoms with E-state index in [1.54, 1.807) is 39.5 Å². The largest absolute Gasteiger partial charge is 0.497 e. The molecule has 1 aliphatic heterocycles. The minimum Gasteiger partial charge on any atom is -0.497 e. The van der Waals surface area contributed by atoms with Gasteiger partial charge >= 0.3 is 0 Å². The molecule has 2 aromatic rings. The highest BCUT2D eigenvalue weighted by atomic mass is 16.5. The zero-order chi connectivity index (χ0) is 22.9. The lowest BCUT2D eigenvalue weighted by Gasteiger charge is -2.30. The number of ether oxygens (including phenoxy) is 3. The molecule has 2 N–H and O–H groups in total. The van der Waals surface area contributed by atoms with E-state index in [0.717, 1.165) is 24.2 Å². The second kappa shape index (κ2) is 11.4. The van der Waals surface area contributed by atoms with Gasteiger partial charge in [-0.1, -0.05) is 12.1 Å². The van der Waals surface area contributed by atoms with Gasteiger partial charge in [0.1, 0.15) is 17.2 Å². The lowest BCUT2D eigenvalue weighted by molar-refractivity contribution is -0.126. The molecule has 8 heteroatoms. The molecule has 0 saturated carbocycles. The molecule has 32 heavy (non-hydrogen) atoms. The van der Waals surface area contributed by atoms with E-state index in [1.807, 2.05) is 24.3 Å². The molecule has 0 spiro atoms. The Bertz CT molecular complexity index is 908. The molecule has 1 heterocycles. The van der Waals surface area contributed by atoms with Crippen molar-refractivity contribution in [2.24, 2.45) is 5.92 Å². The molecule has 0 atom stereocenters. The van der Waals surface area contributed by atoms with Crippen LogP contribution in [0.25, 0.3) is 0 Å². The summed E-state index contributed by atoms with van der Waals surface area (Å²) in [4.78, 5) is 27.1. The van der Waals surface area contributed by atoms with Crippen LogP contribution >= 0.6 is 0 Å². The first-order valence-electron chi connectivity index (χ1n) is 10.7. The van der Waals surface area contributed by atoms with E-state index in [0.29, 0.717) is 36.8 Å². The molecule has 0 radical (unpaired) electrons. The third-order valence-electron chi connectivity index (χ3n) is 5.63. The van der Waals surface area contributed by atoms with Crippen molar-refractivity contribution in [2.75, 3.05) is 46.3 Å². The van der Waals surface area contributed by atoms with Crippen LogP contribution in [0.2, 0.25) is 0 Å². The second-order valence-electron chi connectivity index (χ2n) is 7.73. The van der Waals surface area contributed by atoms with Gasteiger partial charge in [0, 0.05) is 18.5 Å². The molecule has 8 nitrogen and oxygen atoms in total. The standard InChI is InChI=1S/C24H31N3O5/c1-30-19-6-4-17(5-7-19)15-25-24(29)18-10-12-27(13-11-18)16-23(28)26-21-9-8-20(31-2)14-22(21)32-3/h4-9,14,18H,10-13,15-16H2,1-3H3,(H,25,29)(H,26,28). The van der Waals surface area contributed by atoms with Gasteiger partial charge in [-0.05, 0) is 55.8 Å². The van der Waals surface area contributed by atoms with Gasteiger partial charge in [0.2, 0.25) is 11.8 Å². The van der Waals surface area contributed by atoms with Gasteiger partial charge in [-0.15, -0.1) is 0 Å². The third-order valence-corrected chi connectivity index (χ3v) is 5.63. The van der Waals surface area contributed by atoms with Crippen LogP contribution in [0.3, 0.4) is 0 Å². The summed E-state index contributed by atoms with van der Waals surface area (Å²) in [7, 11) is 4.76. The molecule has 2 aromatic carbocycles. The fraction of sp³-hybridized carbons (Fsp3) is 0.417. The van der Waals surface area contributed by atoms with Crippen LogP contribution in [0.15, 0.2) is 42.5 Å². The molecular formula is C24H31N3O5. The van der Waals surface area contributed by atoms with Crippen molar-refractivity contribution in [1.29, 1.82) is 0 Å². The Hall–Kier alpha value is -3.26. The van der Waals surface area contributed by atoms with Crippen LogP contribution in [-0.2, 0) is 16.1 Å². The number of anilines is 1. The highest BCUT2D eigenvalue weighted by Gasteiger charge is 2.26. The molecular weight excluding hydrogens is 410 g/mol. The summed E-state index contributed by atoms with van der Waals surface area (Å²) in [6.07, 6.45) is 1.46. The Morgan fingerprint density at radius 1 is 0.938 bits per heavy atom. The van der Waals surface area contributed by atoms with Crippen molar-refractivity contribution in [2.45, 2.75) is 19.4 Å². The average molecular weight is 442 g/mol. The highest BCUT2D eigenvalue weighted by Crippen LogP contribution is 2.29. The first kappa shape index (κ1) is 23.4. The number of hydrogen-bond acceptors (Lipinski definition) is 6. The Morgan fingerprint density at radius 3 is 2.22 bits per heavy atom. The fourth-order valence-corrected chi connectivity index (χ4v) is 3.72. The molecule has 172 valence electrons. The van der Waals surface area contributed by atoms with Crippen LogP contribution in [0.4, 0.5) is 5.69 Å². The molecule has 1 fully saturated rings. The molecule has 0 unspecified atom stereocenters. The maximum absolute atomic E-state index is 12.5. The van der Waals surface area contributed by atoms with Gasteiger partial charge in [-0.3, -0.25) is 14.5 Å². The SMILES string of the molecule is COc1ccc(CNC(=O)C2CCN(CC(=O)Nc3ccc(OC)cc3OC)CC2)cc1. The van der Waals surface area contributed by atoms with Crippen molar-refractivity contribution < 1.29 is 23.8 Å². The van der Waals surface area contributed by atoms with Crippen LogP contribution in [0.1, 0.15) is 18.4 Å². The maximum Gasteiger partial charge on any atom is 0.238 e. The number of nitrogens with zero attached hydrogens (tertiary/aromatic N) is 1. The highest BCUT2D eigenvalue weighted by molar-refractivity contribution is 5.93. The van der Waals surface area contributed by atoms with Crippen molar-refractivity contribution in [3.63, 3.8) is 0 Å². The van der Waals surface area contributed by atoms with Gasteiger partial charge < -0.3 is 24.8 Å². The van der Waals surface area contributed by atoms with Crippen molar-refractivity contribution in [3.8, 4) is 17.2 Å². The lowest BCUT2D eigenvalue weighted by atomic mass is 9.96. The van der Waals surface area contributed by atoms with Gasteiger partial charge in [0.05, 0.1) is 33.6 Å². The number of likely N-dealkylation sites (tertiary alicyclic amines) is 1. The van der Waals surface area contributed by atoms with Crippen LogP contribution in [0, 0.1) is 5.92 Å². The summed E-state index contributed by atoms with van der Waals surface area (Å²) < 4.78 is 15.7. The maximum atomic E-state index is 12.5. The lowest BCUT2D eigenvalue weighted by Crippen LogP contribution is -2.43. The zero-order valence-corrected chi connectivity index (χ0v) is 18.8. The Morgan fingerprint density at radius 2 is 1.59 bits per heavy atom. The number of rotatable bonds is 9. The van der Waals surface area contributed by atoms with E-state index in [9.17, 15) is 9.59 Å². The molecule has 0 aromatic heterocycles. The molecule has 1 aliphatic rings. The molecule has 1 saturated heterocycles. The van der Waals surface area contributed by atoms with E-state index in [1.165, 1.54) is 0 Å². The summed E-state index contributed by atoms with van der Waals surface area (Å²) in [5, 5.41) is 5.91. The third kappa shape index (κ3) is 6.37. The van der Waals surface area contributed by atoms with Gasteiger partial charge in [0.15, 0.2) is 0 Å². The minimum atomic E-state index is -0.115. The Kier molecular flexibility index (Phi) is 8.33. The van der Waals surface area contributed by atoms with Gasteiger partial charge in [-0.2, -0.15) is 0 Å². The Labute approximate surface area is 188 Å². The van der Waals surface area contributed by atoms with Gasteiger partial charge in [0.25, 0.3) is 0 Å². The number of nitrogens with one attached hydrogen (secondary N) is 2. The molecule has 0 aliphatic carbocycles. The van der Waals surface area contributed by atoms with E-state index in [4.69, 9.17) is 14.2 Å². The summed E-state index contributed by atoms with van der Waals surface area (Å²) in [6, 6.07) is 12.9. The average Bonchev–Trinajstić information content (AvgIpc) is 2.83. The number of methoxy groups -OCH3 is 3. The topological polar surface area (TPSA) is 89.1 Å². The predicted octanol–water partition coefficient (Wildman–Crippen LogP) is 2.68. The first-order valence-corrected chi connectivity index (χ1v) is 10.7. The first-order chi connectivity index (χ1) is 15.5. The molecule has 2 amide bonds. The van der Waals surface area contributed by atoms with Gasteiger partial charge in [-0.25, -0.2) is 0 Å². The van der Waals surface area contributed by atoms with Crippen LogP contribution in [-0.4, -0.2) is 57.7 Å². The predicted molar refractivity (Wildman–Crippen MR) is 122 cm³/mol. The molecule has 3 rings (SSSR count). The van der Waals surface area contributed by atoms with Crippen LogP contribution in [0.5, 0.6) is 17.2 Å². The summed E-state index contributed by atoms with van der Waals surface area (Å²) in [6.45, 7) is 2.17. The van der Waals surface area contributed by atoms with E-state index in [-0.39, 0.29) is 24.3 Å². The number of amides is 2. The quantitative estimate of drug-likeness (QED) is 0.622. The minimum absolute atomic E-state index is 0.0331. The monoisotopic (exact) mass is 441 g/mol. The summed E-state index contributed by atoms with van der Waals surface area (Å²) in [5.74, 6) is 1.91. The van der Waals surface area contributed by atoms with Crippen molar-refractivity contribution in [3.05, 3.63) is 48.0 Å². The fourth-order valence-electron chi connectivity index (χ4n) is 3.72. The van der Waals surface area contributed by atoms with E-state index in [2.05, 4.69) is 15.5 Å². The van der Waals surface area contributed by atoms with Crippen molar-refractivity contribution in [1.82, 2.24) is 10.2 Å². The molecule has 0 bridgehead atoms. The smallest absolute Gasteiger partial charge is 0.238 e. The second-order valence-corrected chi connectivity index (χ2v) is 7.73. The normalized spacial score (nSPS) is 14.5. The number of benzene rings is 2. The Balaban J connectivity index is 1.42. The number of carbonyl (C=O) groups excluding carboxylic acids is 2. The van der Waals surface area contributed by atoms with Crippen molar-refractivity contribution >= 4 is 17.5 Å². The summed E-state index contributed by atoms with van der Waals surface area (Å²) >= 11 is 0. The van der Waals surface area contributed by atoms with E-state index >= 15 is 0 Å². The zero-order valence-electron chi connectivity index (χ0n) is 18.8. The number of hydrogen-bond donors (Lipinski definition) is 2. The summed E-state index contributed by atoms with van der Waals surface area (Å²) in [5.41, 5.74) is 1.63. The number of carbonyl (C=O) groups is 2. The van der Waals surface area contributed by atoms with Crippen LogP contribution < -0.4 is 24.8 Å². The van der Waals surface area contributed by atoms with E-state index < -0.39 is 0 Å². The number of piperidine rings is 1.